The van der Waals surface area contributed by atoms with Gasteiger partial charge >= 0.3 is 5.97 Å². The van der Waals surface area contributed by atoms with E-state index in [9.17, 15) is 4.79 Å². The number of carbonyl (C=O) groups excluding carboxylic acids is 1. The number of ether oxygens (including phenoxy) is 3. The van der Waals surface area contributed by atoms with Crippen LogP contribution in [0.5, 0.6) is 0 Å². The third-order valence-corrected chi connectivity index (χ3v) is 5.98. The quantitative estimate of drug-likeness (QED) is 0.115. The summed E-state index contributed by atoms with van der Waals surface area (Å²) in [6, 6.07) is 9.01. The standard InChI is InChI=1S/C29H50O4/c1-2-3-4-5-6-7-8-9-10-11-12-13-14-15-16-20-23-31-24-25-32-26-27-33-29(30)28-21-18-17-19-22-28/h17-19,21-22H,2-16,20,23-27H2,1H3. The second-order valence-corrected chi connectivity index (χ2v) is 9.03. The molecule has 0 heterocycles. The molecule has 1 rings (SSSR count). The second-order valence-electron chi connectivity index (χ2n) is 9.03. The summed E-state index contributed by atoms with van der Waals surface area (Å²) in [6.07, 6.45) is 22.1. The van der Waals surface area contributed by atoms with E-state index in [-0.39, 0.29) is 12.6 Å². The molecule has 33 heavy (non-hydrogen) atoms. The number of carbonyl (C=O) groups is 1. The lowest BCUT2D eigenvalue weighted by Gasteiger charge is -2.07. The molecule has 0 aliphatic heterocycles. The summed E-state index contributed by atoms with van der Waals surface area (Å²) in [7, 11) is 0. The highest BCUT2D eigenvalue weighted by atomic mass is 16.6. The Morgan fingerprint density at radius 2 is 0.970 bits per heavy atom. The van der Waals surface area contributed by atoms with E-state index in [1.54, 1.807) is 12.1 Å². The molecular weight excluding hydrogens is 412 g/mol. The van der Waals surface area contributed by atoms with Gasteiger partial charge in [0.1, 0.15) is 6.61 Å². The fourth-order valence-corrected chi connectivity index (χ4v) is 3.93. The monoisotopic (exact) mass is 462 g/mol. The third-order valence-electron chi connectivity index (χ3n) is 5.98. The molecule has 0 aromatic heterocycles. The van der Waals surface area contributed by atoms with E-state index in [1.165, 1.54) is 96.3 Å². The van der Waals surface area contributed by atoms with Crippen LogP contribution < -0.4 is 0 Å². The topological polar surface area (TPSA) is 44.8 Å². The van der Waals surface area contributed by atoms with Crippen LogP contribution in [0.2, 0.25) is 0 Å². The molecule has 0 aliphatic carbocycles. The van der Waals surface area contributed by atoms with Crippen molar-refractivity contribution in [3.63, 3.8) is 0 Å². The van der Waals surface area contributed by atoms with Crippen molar-refractivity contribution in [3.05, 3.63) is 35.9 Å². The maximum atomic E-state index is 11.8. The van der Waals surface area contributed by atoms with Crippen LogP contribution in [0.1, 0.15) is 120 Å². The molecule has 4 heteroatoms. The van der Waals surface area contributed by atoms with Crippen LogP contribution in [0.25, 0.3) is 0 Å². The zero-order valence-electron chi connectivity index (χ0n) is 21.4. The van der Waals surface area contributed by atoms with Crippen LogP contribution >= 0.6 is 0 Å². The molecule has 4 nitrogen and oxygen atoms in total. The zero-order chi connectivity index (χ0) is 23.7. The number of hydrogen-bond acceptors (Lipinski definition) is 4. The Hall–Kier alpha value is -1.39. The van der Waals surface area contributed by atoms with Crippen molar-refractivity contribution in [1.82, 2.24) is 0 Å². The Kier molecular flexibility index (Phi) is 21.3. The van der Waals surface area contributed by atoms with Crippen molar-refractivity contribution in [2.24, 2.45) is 0 Å². The SMILES string of the molecule is CCCCCCCCCCCCCCCCCCOCCOCCOC(=O)c1ccccc1. The molecule has 1 aromatic rings. The summed E-state index contributed by atoms with van der Waals surface area (Å²) in [5, 5.41) is 0. The van der Waals surface area contributed by atoms with Crippen molar-refractivity contribution in [2.45, 2.75) is 110 Å². The summed E-state index contributed by atoms with van der Waals surface area (Å²) in [5.74, 6) is -0.307. The molecule has 190 valence electrons. The lowest BCUT2D eigenvalue weighted by molar-refractivity contribution is 0.0141. The van der Waals surface area contributed by atoms with Crippen LogP contribution in [0.3, 0.4) is 0 Å². The minimum absolute atomic E-state index is 0.271. The third kappa shape index (κ3) is 19.8. The summed E-state index contributed by atoms with van der Waals surface area (Å²) in [6.45, 7) is 4.91. The summed E-state index contributed by atoms with van der Waals surface area (Å²) in [5.41, 5.74) is 0.569. The van der Waals surface area contributed by atoms with Gasteiger partial charge in [-0.1, -0.05) is 121 Å². The first-order chi connectivity index (χ1) is 16.3. The van der Waals surface area contributed by atoms with E-state index in [4.69, 9.17) is 14.2 Å². The van der Waals surface area contributed by atoms with Gasteiger partial charge in [0.15, 0.2) is 0 Å². The van der Waals surface area contributed by atoms with Crippen molar-refractivity contribution in [1.29, 1.82) is 0 Å². The predicted molar refractivity (Wildman–Crippen MR) is 138 cm³/mol. The van der Waals surface area contributed by atoms with E-state index < -0.39 is 0 Å². The molecule has 1 aromatic carbocycles. The molecule has 0 atom stereocenters. The number of rotatable bonds is 24. The molecule has 0 unspecified atom stereocenters. The first-order valence-electron chi connectivity index (χ1n) is 13.7. The Morgan fingerprint density at radius 3 is 1.48 bits per heavy atom. The molecule has 0 saturated heterocycles. The number of esters is 1. The van der Waals surface area contributed by atoms with Gasteiger partial charge in [-0.3, -0.25) is 0 Å². The Bertz CT molecular complexity index is 532. The van der Waals surface area contributed by atoms with Gasteiger partial charge < -0.3 is 14.2 Å². The Balaban J connectivity index is 1.69. The van der Waals surface area contributed by atoms with Crippen LogP contribution in [-0.2, 0) is 14.2 Å². The van der Waals surface area contributed by atoms with Crippen LogP contribution in [0.15, 0.2) is 30.3 Å². The molecule has 0 saturated carbocycles. The van der Waals surface area contributed by atoms with Gasteiger partial charge in [0.05, 0.1) is 25.4 Å². The fourth-order valence-electron chi connectivity index (χ4n) is 3.93. The summed E-state index contributed by atoms with van der Waals surface area (Å²) in [4.78, 5) is 11.8. The Morgan fingerprint density at radius 1 is 0.545 bits per heavy atom. The largest absolute Gasteiger partial charge is 0.460 e. The predicted octanol–water partition coefficient (Wildman–Crippen LogP) is 8.14. The van der Waals surface area contributed by atoms with E-state index in [0.717, 1.165) is 13.0 Å². The van der Waals surface area contributed by atoms with Crippen LogP contribution in [-0.4, -0.2) is 39.0 Å². The van der Waals surface area contributed by atoms with Crippen molar-refractivity contribution in [3.8, 4) is 0 Å². The van der Waals surface area contributed by atoms with Gasteiger partial charge in [-0.2, -0.15) is 0 Å². The molecule has 0 radical (unpaired) electrons. The van der Waals surface area contributed by atoms with Crippen molar-refractivity contribution >= 4 is 5.97 Å². The maximum absolute atomic E-state index is 11.8. The van der Waals surface area contributed by atoms with Crippen molar-refractivity contribution in [2.75, 3.05) is 33.0 Å². The second kappa shape index (κ2) is 23.8. The molecular formula is C29H50O4. The van der Waals surface area contributed by atoms with E-state index in [2.05, 4.69) is 6.92 Å². The van der Waals surface area contributed by atoms with Crippen molar-refractivity contribution < 1.29 is 19.0 Å². The summed E-state index contributed by atoms with van der Waals surface area (Å²) >= 11 is 0. The molecule has 0 aliphatic rings. The van der Waals surface area contributed by atoms with Gasteiger partial charge in [0, 0.05) is 6.61 Å². The van der Waals surface area contributed by atoms with Gasteiger partial charge in [-0.15, -0.1) is 0 Å². The molecule has 0 fully saturated rings. The lowest BCUT2D eigenvalue weighted by atomic mass is 10.0. The molecule has 0 bridgehead atoms. The minimum atomic E-state index is -0.307. The molecule has 0 spiro atoms. The minimum Gasteiger partial charge on any atom is -0.460 e. The van der Waals surface area contributed by atoms with Gasteiger partial charge in [0.2, 0.25) is 0 Å². The first kappa shape index (κ1) is 29.6. The van der Waals surface area contributed by atoms with Gasteiger partial charge in [0.25, 0.3) is 0 Å². The van der Waals surface area contributed by atoms with E-state index in [0.29, 0.717) is 25.4 Å². The van der Waals surface area contributed by atoms with Gasteiger partial charge in [-0.25, -0.2) is 4.79 Å². The zero-order valence-corrected chi connectivity index (χ0v) is 21.4. The lowest BCUT2D eigenvalue weighted by Crippen LogP contribution is -2.13. The molecule has 0 amide bonds. The number of unbranched alkanes of at least 4 members (excludes halogenated alkanes) is 15. The van der Waals surface area contributed by atoms with Crippen LogP contribution in [0, 0.1) is 0 Å². The highest BCUT2D eigenvalue weighted by Crippen LogP contribution is 2.13. The smallest absolute Gasteiger partial charge is 0.338 e. The maximum Gasteiger partial charge on any atom is 0.338 e. The van der Waals surface area contributed by atoms with E-state index in [1.807, 2.05) is 18.2 Å². The highest BCUT2D eigenvalue weighted by Gasteiger charge is 2.05. The average molecular weight is 463 g/mol. The normalized spacial score (nSPS) is 11.1. The van der Waals surface area contributed by atoms with Gasteiger partial charge in [-0.05, 0) is 18.6 Å². The Labute approximate surface area is 203 Å². The first-order valence-corrected chi connectivity index (χ1v) is 13.7. The number of benzene rings is 1. The van der Waals surface area contributed by atoms with E-state index >= 15 is 0 Å². The highest BCUT2D eigenvalue weighted by molar-refractivity contribution is 5.89. The summed E-state index contributed by atoms with van der Waals surface area (Å²) < 4.78 is 16.2. The average Bonchev–Trinajstić information content (AvgIpc) is 2.85. The molecule has 0 N–H and O–H groups in total. The van der Waals surface area contributed by atoms with Crippen LogP contribution in [0.4, 0.5) is 0 Å². The number of hydrogen-bond donors (Lipinski definition) is 0. The fraction of sp³-hybridized carbons (Fsp3) is 0.759.